The van der Waals surface area contributed by atoms with Crippen LogP contribution in [0.2, 0.25) is 5.02 Å². The van der Waals surface area contributed by atoms with Crippen LogP contribution in [0.1, 0.15) is 16.7 Å². The normalized spacial score (nSPS) is 10.4. The topological polar surface area (TPSA) is 32.3 Å². The molecule has 0 aliphatic rings. The molecule has 2 aromatic carbocycles. The predicted molar refractivity (Wildman–Crippen MR) is 75.9 cm³/mol. The van der Waals surface area contributed by atoms with Crippen LogP contribution in [0.15, 0.2) is 42.5 Å². The molecule has 2 N–H and O–H groups in total. The summed E-state index contributed by atoms with van der Waals surface area (Å²) in [6.45, 7) is 2.83. The number of halogens is 1. The fourth-order valence-electron chi connectivity index (χ4n) is 1.81. The van der Waals surface area contributed by atoms with Crippen molar-refractivity contribution in [1.29, 1.82) is 0 Å². The summed E-state index contributed by atoms with van der Waals surface area (Å²) in [6, 6.07) is 13.7. The molecule has 0 saturated carbocycles. The van der Waals surface area contributed by atoms with Crippen LogP contribution in [0.25, 0.3) is 0 Å². The minimum absolute atomic E-state index is 0.0807. The molecule has 0 aliphatic carbocycles. The molecule has 0 atom stereocenters. The van der Waals surface area contributed by atoms with Crippen LogP contribution in [0.4, 0.5) is 5.69 Å². The van der Waals surface area contributed by atoms with Crippen molar-refractivity contribution in [2.75, 3.05) is 5.32 Å². The molecule has 0 saturated heterocycles. The summed E-state index contributed by atoms with van der Waals surface area (Å²) < 4.78 is 0. The van der Waals surface area contributed by atoms with Crippen LogP contribution < -0.4 is 5.32 Å². The number of hydrogen-bond donors (Lipinski definition) is 2. The van der Waals surface area contributed by atoms with Gasteiger partial charge in [-0.15, -0.1) is 0 Å². The number of hydrogen-bond acceptors (Lipinski definition) is 2. The fourth-order valence-corrected chi connectivity index (χ4v) is 2.10. The monoisotopic (exact) mass is 261 g/mol. The Morgan fingerprint density at radius 1 is 1.06 bits per heavy atom. The third-order valence-corrected chi connectivity index (χ3v) is 3.21. The quantitative estimate of drug-likeness (QED) is 0.879. The molecular formula is C15H16ClNO. The first-order valence-corrected chi connectivity index (χ1v) is 6.26. The maximum Gasteiger partial charge on any atom is 0.0681 e. The van der Waals surface area contributed by atoms with E-state index in [-0.39, 0.29) is 6.61 Å². The van der Waals surface area contributed by atoms with Crippen molar-refractivity contribution < 1.29 is 5.11 Å². The Bertz CT molecular complexity index is 502. The highest BCUT2D eigenvalue weighted by Gasteiger charge is 2.02. The molecule has 0 aromatic heterocycles. The number of para-hydroxylation sites is 1. The predicted octanol–water partition coefficient (Wildman–Crippen LogP) is 3.75. The van der Waals surface area contributed by atoms with Gasteiger partial charge in [0, 0.05) is 6.54 Å². The van der Waals surface area contributed by atoms with Gasteiger partial charge in [0.05, 0.1) is 17.3 Å². The Kier molecular flexibility index (Phi) is 4.24. The second kappa shape index (κ2) is 5.89. The van der Waals surface area contributed by atoms with Gasteiger partial charge in [-0.05, 0) is 29.7 Å². The Morgan fingerprint density at radius 3 is 2.33 bits per heavy atom. The van der Waals surface area contributed by atoms with Gasteiger partial charge in [-0.25, -0.2) is 0 Å². The summed E-state index contributed by atoms with van der Waals surface area (Å²) >= 11 is 6.15. The number of anilines is 1. The fraction of sp³-hybridized carbons (Fsp3) is 0.200. The second-order valence-electron chi connectivity index (χ2n) is 4.26. The second-order valence-corrected chi connectivity index (χ2v) is 4.67. The number of rotatable bonds is 4. The summed E-state index contributed by atoms with van der Waals surface area (Å²) in [4.78, 5) is 0. The number of benzene rings is 2. The molecule has 0 bridgehead atoms. The van der Waals surface area contributed by atoms with Crippen molar-refractivity contribution in [2.24, 2.45) is 0 Å². The zero-order valence-corrected chi connectivity index (χ0v) is 11.0. The molecule has 3 heteroatoms. The molecule has 0 aliphatic heterocycles. The van der Waals surface area contributed by atoms with E-state index < -0.39 is 0 Å². The van der Waals surface area contributed by atoms with E-state index in [4.69, 9.17) is 16.7 Å². The van der Waals surface area contributed by atoms with E-state index in [0.29, 0.717) is 0 Å². The Morgan fingerprint density at radius 2 is 1.72 bits per heavy atom. The average molecular weight is 262 g/mol. The summed E-state index contributed by atoms with van der Waals surface area (Å²) in [5.74, 6) is 0. The molecule has 0 radical (unpaired) electrons. The zero-order chi connectivity index (χ0) is 13.0. The van der Waals surface area contributed by atoms with Gasteiger partial charge in [-0.3, -0.25) is 0 Å². The maximum absolute atomic E-state index is 8.98. The Hall–Kier alpha value is -1.51. The van der Waals surface area contributed by atoms with Crippen LogP contribution in [-0.2, 0) is 13.2 Å². The number of aliphatic hydroxyl groups is 1. The first kappa shape index (κ1) is 12.9. The lowest BCUT2D eigenvalue weighted by Gasteiger charge is -2.11. The summed E-state index contributed by atoms with van der Waals surface area (Å²) in [5.41, 5.74) is 4.19. The molecule has 94 valence electrons. The SMILES string of the molecule is Cc1cccc(Cl)c1NCc1ccc(CO)cc1. The molecule has 2 aromatic rings. The highest BCUT2D eigenvalue weighted by Crippen LogP contribution is 2.25. The van der Waals surface area contributed by atoms with Crippen LogP contribution >= 0.6 is 11.6 Å². The zero-order valence-electron chi connectivity index (χ0n) is 10.3. The van der Waals surface area contributed by atoms with E-state index in [0.717, 1.165) is 33.9 Å². The van der Waals surface area contributed by atoms with Gasteiger partial charge < -0.3 is 10.4 Å². The van der Waals surface area contributed by atoms with E-state index in [1.165, 1.54) is 0 Å². The highest BCUT2D eigenvalue weighted by atomic mass is 35.5. The maximum atomic E-state index is 8.98. The number of aliphatic hydroxyl groups excluding tert-OH is 1. The van der Waals surface area contributed by atoms with E-state index in [1.807, 2.05) is 49.4 Å². The molecular weight excluding hydrogens is 246 g/mol. The van der Waals surface area contributed by atoms with Crippen molar-refractivity contribution in [1.82, 2.24) is 0 Å². The molecule has 2 nitrogen and oxygen atoms in total. The Labute approximate surface area is 112 Å². The van der Waals surface area contributed by atoms with Gasteiger partial charge in [0.25, 0.3) is 0 Å². The highest BCUT2D eigenvalue weighted by molar-refractivity contribution is 6.33. The number of aryl methyl sites for hydroxylation is 1. The lowest BCUT2D eigenvalue weighted by Crippen LogP contribution is -2.01. The third-order valence-electron chi connectivity index (χ3n) is 2.90. The molecule has 2 rings (SSSR count). The van der Waals surface area contributed by atoms with Crippen LogP contribution in [0, 0.1) is 6.92 Å². The minimum Gasteiger partial charge on any atom is -0.392 e. The molecule has 0 unspecified atom stereocenters. The van der Waals surface area contributed by atoms with Crippen LogP contribution in [-0.4, -0.2) is 5.11 Å². The van der Waals surface area contributed by atoms with Crippen molar-refractivity contribution in [3.05, 3.63) is 64.2 Å². The van der Waals surface area contributed by atoms with Crippen molar-refractivity contribution in [3.63, 3.8) is 0 Å². The van der Waals surface area contributed by atoms with E-state index in [9.17, 15) is 0 Å². The van der Waals surface area contributed by atoms with E-state index in [1.54, 1.807) is 0 Å². The van der Waals surface area contributed by atoms with E-state index in [2.05, 4.69) is 5.32 Å². The summed E-state index contributed by atoms with van der Waals surface area (Å²) in [6.07, 6.45) is 0. The van der Waals surface area contributed by atoms with Crippen LogP contribution in [0.3, 0.4) is 0 Å². The van der Waals surface area contributed by atoms with Gasteiger partial charge in [-0.1, -0.05) is 48.0 Å². The van der Waals surface area contributed by atoms with Gasteiger partial charge in [-0.2, -0.15) is 0 Å². The van der Waals surface area contributed by atoms with Gasteiger partial charge in [0.15, 0.2) is 0 Å². The lowest BCUT2D eigenvalue weighted by atomic mass is 10.1. The van der Waals surface area contributed by atoms with Crippen LogP contribution in [0.5, 0.6) is 0 Å². The molecule has 0 spiro atoms. The smallest absolute Gasteiger partial charge is 0.0681 e. The van der Waals surface area contributed by atoms with E-state index >= 15 is 0 Å². The average Bonchev–Trinajstić information content (AvgIpc) is 2.39. The summed E-state index contributed by atoms with van der Waals surface area (Å²) in [5, 5.41) is 13.1. The summed E-state index contributed by atoms with van der Waals surface area (Å²) in [7, 11) is 0. The van der Waals surface area contributed by atoms with Crippen molar-refractivity contribution in [3.8, 4) is 0 Å². The van der Waals surface area contributed by atoms with Gasteiger partial charge in [0.2, 0.25) is 0 Å². The number of nitrogens with one attached hydrogen (secondary N) is 1. The first-order chi connectivity index (χ1) is 8.70. The standard InChI is InChI=1S/C15H16ClNO/c1-11-3-2-4-14(16)15(11)17-9-12-5-7-13(10-18)8-6-12/h2-8,17-18H,9-10H2,1H3. The molecule has 0 heterocycles. The minimum atomic E-state index is 0.0807. The van der Waals surface area contributed by atoms with Crippen molar-refractivity contribution in [2.45, 2.75) is 20.1 Å². The third kappa shape index (κ3) is 3.03. The molecule has 0 amide bonds. The largest absolute Gasteiger partial charge is 0.392 e. The Balaban J connectivity index is 2.06. The van der Waals surface area contributed by atoms with Gasteiger partial charge in [0.1, 0.15) is 0 Å². The molecule has 18 heavy (non-hydrogen) atoms. The lowest BCUT2D eigenvalue weighted by molar-refractivity contribution is 0.282. The first-order valence-electron chi connectivity index (χ1n) is 5.88. The molecule has 0 fully saturated rings. The van der Waals surface area contributed by atoms with Crippen molar-refractivity contribution >= 4 is 17.3 Å². The van der Waals surface area contributed by atoms with Gasteiger partial charge >= 0.3 is 0 Å².